The van der Waals surface area contributed by atoms with Crippen molar-refractivity contribution in [3.63, 3.8) is 0 Å². The molecule has 0 saturated heterocycles. The maximum Gasteiger partial charge on any atom is 0.312 e. The van der Waals surface area contributed by atoms with E-state index in [2.05, 4.69) is 0 Å². The molecule has 16 heavy (non-hydrogen) atoms. The maximum atomic E-state index is 11.2. The van der Waals surface area contributed by atoms with Gasteiger partial charge in [0.1, 0.15) is 0 Å². The monoisotopic (exact) mass is 225 g/mol. The van der Waals surface area contributed by atoms with Crippen LogP contribution in [0.25, 0.3) is 0 Å². The molecule has 0 aliphatic carbocycles. The molecule has 0 saturated carbocycles. The Hall–Kier alpha value is -1.82. The van der Waals surface area contributed by atoms with Crippen molar-refractivity contribution in [3.8, 4) is 0 Å². The van der Waals surface area contributed by atoms with Crippen molar-refractivity contribution in [2.24, 2.45) is 11.7 Å². The number of primary amides is 1. The van der Waals surface area contributed by atoms with E-state index in [-0.39, 0.29) is 12.2 Å². The predicted molar refractivity (Wildman–Crippen MR) is 51.5 cm³/mol. The molecule has 0 fully saturated rings. The third-order valence-corrected chi connectivity index (χ3v) is 2.41. The molecule has 0 aromatic heterocycles. The Morgan fingerprint density at radius 3 is 2.94 bits per heavy atom. The van der Waals surface area contributed by atoms with Gasteiger partial charge >= 0.3 is 5.97 Å². The molecule has 6 heteroatoms. The zero-order valence-electron chi connectivity index (χ0n) is 8.33. The molecule has 3 atom stereocenters. The Morgan fingerprint density at radius 1 is 1.50 bits per heavy atom. The van der Waals surface area contributed by atoms with E-state index in [0.29, 0.717) is 0 Å². The molecule has 2 heterocycles. The standard InChI is InChI=1S/C10H11NO5/c11-9(14)7-4-6(12)5-2-1-3-8(13)16-10(5)15-7/h1-2,4-6,10,12H,3H2,(H2,11,14)/t5?,6?,10-/m0/s1. The van der Waals surface area contributed by atoms with Crippen LogP contribution in [0, 0.1) is 5.92 Å². The van der Waals surface area contributed by atoms with Gasteiger partial charge in [-0.3, -0.25) is 9.59 Å². The molecule has 0 spiro atoms. The topological polar surface area (TPSA) is 98.9 Å². The highest BCUT2D eigenvalue weighted by Gasteiger charge is 2.37. The van der Waals surface area contributed by atoms with Crippen molar-refractivity contribution < 1.29 is 24.2 Å². The molecule has 0 bridgehead atoms. The second kappa shape index (κ2) is 3.97. The first kappa shape index (κ1) is 10.7. The lowest BCUT2D eigenvalue weighted by molar-refractivity contribution is -0.186. The van der Waals surface area contributed by atoms with E-state index >= 15 is 0 Å². The molecular formula is C10H11NO5. The Bertz CT molecular complexity index is 387. The first-order valence-corrected chi connectivity index (χ1v) is 4.80. The molecule has 0 aromatic rings. The van der Waals surface area contributed by atoms with Crippen molar-refractivity contribution >= 4 is 11.9 Å². The molecule has 2 unspecified atom stereocenters. The summed E-state index contributed by atoms with van der Waals surface area (Å²) < 4.78 is 10.0. The Morgan fingerprint density at radius 2 is 2.25 bits per heavy atom. The zero-order valence-corrected chi connectivity index (χ0v) is 8.33. The number of rotatable bonds is 1. The van der Waals surface area contributed by atoms with E-state index < -0.39 is 30.2 Å². The van der Waals surface area contributed by atoms with Crippen molar-refractivity contribution in [2.75, 3.05) is 0 Å². The summed E-state index contributed by atoms with van der Waals surface area (Å²) in [6.45, 7) is 0. The number of aliphatic hydroxyl groups excluding tert-OH is 1. The lowest BCUT2D eigenvalue weighted by Crippen LogP contribution is -2.40. The predicted octanol–water partition coefficient (Wildman–Crippen LogP) is -0.808. The van der Waals surface area contributed by atoms with Crippen LogP contribution in [0.3, 0.4) is 0 Å². The van der Waals surface area contributed by atoms with E-state index in [1.54, 1.807) is 12.2 Å². The summed E-state index contributed by atoms with van der Waals surface area (Å²) in [5.41, 5.74) is 5.02. The van der Waals surface area contributed by atoms with Crippen molar-refractivity contribution in [1.82, 2.24) is 0 Å². The van der Waals surface area contributed by atoms with Crippen LogP contribution in [0.2, 0.25) is 0 Å². The fraction of sp³-hybridized carbons (Fsp3) is 0.400. The lowest BCUT2D eigenvalue weighted by atomic mass is 9.98. The number of amides is 1. The van der Waals surface area contributed by atoms with Gasteiger partial charge in [0, 0.05) is 0 Å². The highest BCUT2D eigenvalue weighted by atomic mass is 16.7. The Kier molecular flexibility index (Phi) is 2.66. The van der Waals surface area contributed by atoms with Gasteiger partial charge in [0.25, 0.3) is 12.2 Å². The second-order valence-electron chi connectivity index (χ2n) is 3.57. The van der Waals surface area contributed by atoms with Gasteiger partial charge in [0.05, 0.1) is 18.4 Å². The van der Waals surface area contributed by atoms with E-state index in [0.717, 1.165) is 0 Å². The number of ether oxygens (including phenoxy) is 2. The zero-order chi connectivity index (χ0) is 11.7. The van der Waals surface area contributed by atoms with Crippen LogP contribution in [-0.4, -0.2) is 29.4 Å². The Balaban J connectivity index is 2.26. The molecule has 6 nitrogen and oxygen atoms in total. The van der Waals surface area contributed by atoms with Crippen LogP contribution < -0.4 is 5.73 Å². The molecule has 2 rings (SSSR count). The Labute approximate surface area is 91.3 Å². The van der Waals surface area contributed by atoms with E-state index in [9.17, 15) is 14.7 Å². The van der Waals surface area contributed by atoms with Crippen molar-refractivity contribution in [2.45, 2.75) is 18.8 Å². The highest BCUT2D eigenvalue weighted by Crippen LogP contribution is 2.27. The molecule has 2 aliphatic rings. The minimum atomic E-state index is -0.992. The minimum Gasteiger partial charge on any atom is -0.448 e. The number of carbonyl (C=O) groups is 2. The third-order valence-electron chi connectivity index (χ3n) is 2.41. The normalized spacial score (nSPS) is 32.9. The van der Waals surface area contributed by atoms with Crippen LogP contribution in [0.15, 0.2) is 24.0 Å². The smallest absolute Gasteiger partial charge is 0.312 e. The van der Waals surface area contributed by atoms with Crippen LogP contribution in [0.5, 0.6) is 0 Å². The minimum absolute atomic E-state index is 0.120. The van der Waals surface area contributed by atoms with E-state index in [4.69, 9.17) is 15.2 Å². The molecule has 0 radical (unpaired) electrons. The number of fused-ring (bicyclic) bond motifs is 1. The maximum absolute atomic E-state index is 11.2. The lowest BCUT2D eigenvalue weighted by Gasteiger charge is -2.30. The van der Waals surface area contributed by atoms with Gasteiger partial charge in [-0.25, -0.2) is 0 Å². The van der Waals surface area contributed by atoms with Crippen molar-refractivity contribution in [1.29, 1.82) is 0 Å². The quantitative estimate of drug-likeness (QED) is 0.449. The van der Waals surface area contributed by atoms with Gasteiger partial charge in [-0.1, -0.05) is 12.2 Å². The highest BCUT2D eigenvalue weighted by molar-refractivity contribution is 5.90. The van der Waals surface area contributed by atoms with Crippen LogP contribution in [0.1, 0.15) is 6.42 Å². The van der Waals surface area contributed by atoms with Gasteiger partial charge in [-0.15, -0.1) is 0 Å². The molecule has 1 amide bonds. The summed E-state index contributed by atoms with van der Waals surface area (Å²) in [7, 11) is 0. The van der Waals surface area contributed by atoms with Gasteiger partial charge < -0.3 is 20.3 Å². The number of esters is 1. The van der Waals surface area contributed by atoms with Gasteiger partial charge in [0.15, 0.2) is 5.76 Å². The van der Waals surface area contributed by atoms with Gasteiger partial charge in [0.2, 0.25) is 0 Å². The fourth-order valence-corrected chi connectivity index (χ4v) is 1.62. The fourth-order valence-electron chi connectivity index (χ4n) is 1.62. The molecule has 86 valence electrons. The number of hydrogen-bond acceptors (Lipinski definition) is 5. The first-order valence-electron chi connectivity index (χ1n) is 4.80. The average Bonchev–Trinajstić information content (AvgIpc) is 2.38. The molecule has 2 aliphatic heterocycles. The summed E-state index contributed by atoms with van der Waals surface area (Å²) in [6.07, 6.45) is 2.62. The molecule has 0 aromatic carbocycles. The second-order valence-corrected chi connectivity index (χ2v) is 3.57. The largest absolute Gasteiger partial charge is 0.448 e. The van der Waals surface area contributed by atoms with E-state index in [1.165, 1.54) is 6.08 Å². The summed E-state index contributed by atoms with van der Waals surface area (Å²) >= 11 is 0. The SMILES string of the molecule is NC(=O)C1=CC(O)C2C=CCC(=O)O[C@@H]2O1. The number of aliphatic hydroxyl groups is 1. The summed E-state index contributed by atoms with van der Waals surface area (Å²) in [6, 6.07) is 0. The molecule has 3 N–H and O–H groups in total. The van der Waals surface area contributed by atoms with Crippen LogP contribution in [0.4, 0.5) is 0 Å². The van der Waals surface area contributed by atoms with E-state index in [1.807, 2.05) is 0 Å². The summed E-state index contributed by atoms with van der Waals surface area (Å²) in [5, 5.41) is 9.73. The van der Waals surface area contributed by atoms with Gasteiger partial charge in [-0.2, -0.15) is 0 Å². The number of nitrogens with two attached hydrogens (primary N) is 1. The van der Waals surface area contributed by atoms with Crippen LogP contribution >= 0.6 is 0 Å². The average molecular weight is 225 g/mol. The van der Waals surface area contributed by atoms with Crippen LogP contribution in [-0.2, 0) is 19.1 Å². The summed E-state index contributed by atoms with van der Waals surface area (Å²) in [4.78, 5) is 22.1. The first-order chi connectivity index (χ1) is 7.58. The number of hydrogen-bond donors (Lipinski definition) is 2. The molecular weight excluding hydrogens is 214 g/mol. The summed E-state index contributed by atoms with van der Waals surface area (Å²) in [5.74, 6) is -1.96. The third kappa shape index (κ3) is 1.92. The van der Waals surface area contributed by atoms with Gasteiger partial charge in [-0.05, 0) is 6.08 Å². The van der Waals surface area contributed by atoms with Crippen molar-refractivity contribution in [3.05, 3.63) is 24.0 Å². The number of carbonyl (C=O) groups excluding carboxylic acids is 2.